The van der Waals surface area contributed by atoms with Crippen LogP contribution in [0, 0.1) is 0 Å². The first-order valence-electron chi connectivity index (χ1n) is 4.59. The van der Waals surface area contributed by atoms with Crippen molar-refractivity contribution in [3.05, 3.63) is 47.0 Å². The molecule has 0 heterocycles. The van der Waals surface area contributed by atoms with Crippen molar-refractivity contribution in [1.29, 1.82) is 0 Å². The summed E-state index contributed by atoms with van der Waals surface area (Å²) in [5, 5.41) is 0. The van der Waals surface area contributed by atoms with Crippen molar-refractivity contribution in [2.24, 2.45) is 0 Å². The van der Waals surface area contributed by atoms with Gasteiger partial charge in [-0.05, 0) is 24.1 Å². The topological polar surface area (TPSA) is 17.1 Å². The Morgan fingerprint density at radius 3 is 2.57 bits per heavy atom. The molecule has 1 rings (SSSR count). The normalized spacial score (nSPS) is 9.79. The van der Waals surface area contributed by atoms with Crippen LogP contribution in [-0.2, 0) is 11.2 Å². The number of carbonyl (C=O) groups is 1. The van der Waals surface area contributed by atoms with Crippen molar-refractivity contribution in [2.75, 3.05) is 0 Å². The van der Waals surface area contributed by atoms with Crippen molar-refractivity contribution in [2.45, 2.75) is 19.3 Å². The molecule has 2 heteroatoms. The number of allylic oxidation sites excluding steroid dienone is 1. The molecule has 0 N–H and O–H groups in total. The van der Waals surface area contributed by atoms with Gasteiger partial charge in [0.2, 0.25) is 0 Å². The lowest BCUT2D eigenvalue weighted by Crippen LogP contribution is -2.01. The van der Waals surface area contributed by atoms with E-state index < -0.39 is 0 Å². The molecule has 74 valence electrons. The van der Waals surface area contributed by atoms with Gasteiger partial charge in [0.25, 0.3) is 0 Å². The first-order chi connectivity index (χ1) is 6.72. The molecule has 1 aromatic rings. The van der Waals surface area contributed by atoms with Crippen LogP contribution in [0.25, 0.3) is 0 Å². The van der Waals surface area contributed by atoms with E-state index in [0.717, 1.165) is 16.5 Å². The van der Waals surface area contributed by atoms with Crippen LogP contribution in [0.4, 0.5) is 0 Å². The highest BCUT2D eigenvalue weighted by Crippen LogP contribution is 2.11. The Morgan fingerprint density at radius 1 is 1.36 bits per heavy atom. The summed E-state index contributed by atoms with van der Waals surface area (Å²) >= 11 is 3.36. The van der Waals surface area contributed by atoms with Gasteiger partial charge in [0.15, 0.2) is 0 Å². The van der Waals surface area contributed by atoms with Crippen LogP contribution in [0.5, 0.6) is 0 Å². The molecule has 0 amide bonds. The average molecular weight is 253 g/mol. The van der Waals surface area contributed by atoms with E-state index in [2.05, 4.69) is 22.5 Å². The molecule has 0 bridgehead atoms. The third-order valence-electron chi connectivity index (χ3n) is 1.94. The van der Waals surface area contributed by atoms with E-state index in [-0.39, 0.29) is 5.78 Å². The third kappa shape index (κ3) is 3.88. The van der Waals surface area contributed by atoms with E-state index in [9.17, 15) is 4.79 Å². The maximum Gasteiger partial charge on any atom is 0.137 e. The molecule has 0 aliphatic rings. The second-order valence-corrected chi connectivity index (χ2v) is 4.08. The van der Waals surface area contributed by atoms with E-state index in [1.165, 1.54) is 0 Å². The Bertz CT molecular complexity index is 314. The van der Waals surface area contributed by atoms with Gasteiger partial charge in [-0.25, -0.2) is 0 Å². The van der Waals surface area contributed by atoms with Gasteiger partial charge in [-0.15, -0.1) is 6.58 Å². The Hall–Kier alpha value is -0.890. The van der Waals surface area contributed by atoms with Crippen LogP contribution in [0.1, 0.15) is 18.4 Å². The first-order valence-corrected chi connectivity index (χ1v) is 5.38. The smallest absolute Gasteiger partial charge is 0.137 e. The van der Waals surface area contributed by atoms with Crippen LogP contribution in [0.3, 0.4) is 0 Å². The van der Waals surface area contributed by atoms with Gasteiger partial charge in [-0.3, -0.25) is 4.79 Å². The predicted octanol–water partition coefficient (Wildman–Crippen LogP) is 3.53. The van der Waals surface area contributed by atoms with Gasteiger partial charge in [-0.2, -0.15) is 0 Å². The minimum Gasteiger partial charge on any atom is -0.299 e. The van der Waals surface area contributed by atoms with Gasteiger partial charge < -0.3 is 0 Å². The Balaban J connectivity index is 2.47. The maximum absolute atomic E-state index is 11.4. The number of benzene rings is 1. The molecular formula is C12H13BrO. The highest BCUT2D eigenvalue weighted by Gasteiger charge is 2.01. The van der Waals surface area contributed by atoms with Crippen molar-refractivity contribution in [3.8, 4) is 0 Å². The Labute approximate surface area is 93.0 Å². The number of ketones is 1. The van der Waals surface area contributed by atoms with E-state index in [1.54, 1.807) is 6.08 Å². The molecule has 0 spiro atoms. The molecule has 0 fully saturated rings. The molecule has 1 nitrogen and oxygen atoms in total. The summed E-state index contributed by atoms with van der Waals surface area (Å²) in [5.41, 5.74) is 1.07. The fourth-order valence-corrected chi connectivity index (χ4v) is 1.45. The number of Topliss-reactive ketones (excluding diaryl/α,β-unsaturated/α-hetero) is 1. The zero-order chi connectivity index (χ0) is 10.4. The van der Waals surface area contributed by atoms with Gasteiger partial charge in [0.05, 0.1) is 0 Å². The number of carbonyl (C=O) groups excluding carboxylic acids is 1. The molecule has 0 aromatic heterocycles. The van der Waals surface area contributed by atoms with Gasteiger partial charge in [0.1, 0.15) is 5.78 Å². The second kappa shape index (κ2) is 5.76. The summed E-state index contributed by atoms with van der Waals surface area (Å²) in [6.45, 7) is 3.59. The van der Waals surface area contributed by atoms with E-state index in [4.69, 9.17) is 0 Å². The highest BCUT2D eigenvalue weighted by atomic mass is 79.9. The van der Waals surface area contributed by atoms with Crippen molar-refractivity contribution in [1.82, 2.24) is 0 Å². The summed E-state index contributed by atoms with van der Waals surface area (Å²) < 4.78 is 1.04. The van der Waals surface area contributed by atoms with Gasteiger partial charge in [0, 0.05) is 17.3 Å². The number of rotatable bonds is 5. The second-order valence-electron chi connectivity index (χ2n) is 3.17. The lowest BCUT2D eigenvalue weighted by molar-refractivity contribution is -0.118. The maximum atomic E-state index is 11.4. The molecule has 0 saturated heterocycles. The van der Waals surface area contributed by atoms with Crippen LogP contribution < -0.4 is 0 Å². The third-order valence-corrected chi connectivity index (χ3v) is 2.47. The monoisotopic (exact) mass is 252 g/mol. The van der Waals surface area contributed by atoms with Crippen molar-refractivity contribution < 1.29 is 4.79 Å². The number of halogens is 1. The summed E-state index contributed by atoms with van der Waals surface area (Å²) in [6.07, 6.45) is 3.68. The molecule has 0 unspecified atom stereocenters. The number of hydrogen-bond acceptors (Lipinski definition) is 1. The van der Waals surface area contributed by atoms with Crippen LogP contribution >= 0.6 is 15.9 Å². The summed E-state index contributed by atoms with van der Waals surface area (Å²) in [6, 6.07) is 7.85. The first kappa shape index (κ1) is 11.2. The lowest BCUT2D eigenvalue weighted by atomic mass is 10.1. The zero-order valence-corrected chi connectivity index (χ0v) is 9.59. The minimum absolute atomic E-state index is 0.271. The van der Waals surface area contributed by atoms with Crippen LogP contribution in [0.2, 0.25) is 0 Å². The fourth-order valence-electron chi connectivity index (χ4n) is 1.18. The zero-order valence-electron chi connectivity index (χ0n) is 8.00. The molecule has 0 radical (unpaired) electrons. The number of hydrogen-bond donors (Lipinski definition) is 0. The summed E-state index contributed by atoms with van der Waals surface area (Å²) in [4.78, 5) is 11.4. The summed E-state index contributed by atoms with van der Waals surface area (Å²) in [7, 11) is 0. The molecular weight excluding hydrogens is 240 g/mol. The van der Waals surface area contributed by atoms with Gasteiger partial charge >= 0.3 is 0 Å². The quantitative estimate of drug-likeness (QED) is 0.733. The van der Waals surface area contributed by atoms with E-state index in [0.29, 0.717) is 12.8 Å². The molecule has 14 heavy (non-hydrogen) atoms. The molecule has 0 atom stereocenters. The average Bonchev–Trinajstić information content (AvgIpc) is 2.18. The van der Waals surface area contributed by atoms with Crippen LogP contribution in [0.15, 0.2) is 41.4 Å². The largest absolute Gasteiger partial charge is 0.299 e. The van der Waals surface area contributed by atoms with Crippen molar-refractivity contribution >= 4 is 21.7 Å². The van der Waals surface area contributed by atoms with E-state index >= 15 is 0 Å². The highest BCUT2D eigenvalue weighted by molar-refractivity contribution is 9.10. The molecule has 1 aromatic carbocycles. The molecule has 0 aliphatic carbocycles. The Kier molecular flexibility index (Phi) is 4.60. The minimum atomic E-state index is 0.271. The summed E-state index contributed by atoms with van der Waals surface area (Å²) in [5.74, 6) is 0.271. The van der Waals surface area contributed by atoms with Crippen molar-refractivity contribution in [3.63, 3.8) is 0 Å². The van der Waals surface area contributed by atoms with Crippen LogP contribution in [-0.4, -0.2) is 5.78 Å². The lowest BCUT2D eigenvalue weighted by Gasteiger charge is -1.99. The Morgan fingerprint density at radius 2 is 2.00 bits per heavy atom. The molecule has 0 saturated carbocycles. The van der Waals surface area contributed by atoms with E-state index in [1.807, 2.05) is 24.3 Å². The standard InChI is InChI=1S/C12H13BrO/c1-2-3-4-12(14)9-10-5-7-11(13)8-6-10/h2,5-8H,1,3-4,9H2. The predicted molar refractivity (Wildman–Crippen MR) is 62.3 cm³/mol. The molecule has 0 aliphatic heterocycles. The fraction of sp³-hybridized carbons (Fsp3) is 0.250. The van der Waals surface area contributed by atoms with Gasteiger partial charge in [-0.1, -0.05) is 34.1 Å². The SMILES string of the molecule is C=CCCC(=O)Cc1ccc(Br)cc1.